The average molecular weight is 224 g/mol. The van der Waals surface area contributed by atoms with Crippen LogP contribution >= 0.6 is 0 Å². The third-order valence-electron chi connectivity index (χ3n) is 2.03. The molecule has 0 bridgehead atoms. The van der Waals surface area contributed by atoms with Crippen molar-refractivity contribution < 1.29 is 53.5 Å². The van der Waals surface area contributed by atoms with Gasteiger partial charge in [0.25, 0.3) is 10.1 Å². The third-order valence-corrected chi connectivity index (χ3v) is 2.94. The van der Waals surface area contributed by atoms with Crippen molar-refractivity contribution in [2.45, 2.75) is 4.90 Å². The van der Waals surface area contributed by atoms with Gasteiger partial charge >= 0.3 is 37.7 Å². The molecular weight excluding hydrogens is 214 g/mol. The average Bonchev–Trinajstić information content (AvgIpc) is 2.15. The van der Waals surface area contributed by atoms with E-state index in [4.69, 9.17) is 4.55 Å². The van der Waals surface area contributed by atoms with Gasteiger partial charge in [0.2, 0.25) is 0 Å². The Hall–Kier alpha value is -0.195. The van der Waals surface area contributed by atoms with Crippen molar-refractivity contribution >= 4 is 20.9 Å². The Labute approximate surface area is 121 Å². The first-order chi connectivity index (χ1) is 6.59. The van der Waals surface area contributed by atoms with E-state index in [1.54, 1.807) is 30.3 Å². The van der Waals surface area contributed by atoms with Crippen molar-refractivity contribution in [3.63, 3.8) is 0 Å². The van der Waals surface area contributed by atoms with Crippen LogP contribution in [0.25, 0.3) is 10.8 Å². The molecule has 0 spiro atoms. The summed E-state index contributed by atoms with van der Waals surface area (Å²) in [6.45, 7) is 0. The van der Waals surface area contributed by atoms with Gasteiger partial charge < -0.3 is 2.85 Å². The normalized spacial score (nSPS) is 10.3. The van der Waals surface area contributed by atoms with E-state index in [0.29, 0.717) is 5.39 Å². The molecule has 6 heteroatoms. The molecule has 0 aromatic heterocycles. The van der Waals surface area contributed by atoms with Crippen LogP contribution in [0.1, 0.15) is 2.85 Å². The van der Waals surface area contributed by atoms with Gasteiger partial charge in [0.1, 0.15) is 4.90 Å². The van der Waals surface area contributed by atoms with Crippen molar-refractivity contribution in [1.29, 1.82) is 0 Å². The van der Waals surface area contributed by atoms with Crippen LogP contribution < -0.4 is 37.7 Å². The van der Waals surface area contributed by atoms with E-state index in [0.717, 1.165) is 5.39 Å². The van der Waals surface area contributed by atoms with Crippen LogP contribution in [0.2, 0.25) is 0 Å². The van der Waals surface area contributed by atoms with Gasteiger partial charge in [-0.05, 0) is 11.5 Å². The quantitative estimate of drug-likeness (QED) is 0.401. The fourth-order valence-electron chi connectivity index (χ4n) is 1.42. The Morgan fingerprint density at radius 3 is 2.12 bits per heavy atom. The smallest absolute Gasteiger partial charge is 1.00 e. The molecule has 0 saturated carbocycles. The zero-order chi connectivity index (χ0) is 10.2. The summed E-state index contributed by atoms with van der Waals surface area (Å²) >= 11 is 0. The molecule has 16 heavy (non-hydrogen) atoms. The first-order valence-corrected chi connectivity index (χ1v) is 5.48. The zero-order valence-electron chi connectivity index (χ0n) is 11.2. The van der Waals surface area contributed by atoms with E-state index in [1.807, 2.05) is 6.07 Å². The molecule has 0 amide bonds. The van der Waals surface area contributed by atoms with E-state index in [-0.39, 0.29) is 45.5 Å². The Morgan fingerprint density at radius 2 is 1.50 bits per heavy atom. The predicted octanol–water partition coefficient (Wildman–Crippen LogP) is -3.68. The van der Waals surface area contributed by atoms with Crippen LogP contribution in [0, 0.1) is 0 Å². The molecule has 0 aliphatic heterocycles. The Bertz CT molecular complexity index is 585. The second-order valence-corrected chi connectivity index (χ2v) is 4.34. The molecule has 0 atom stereocenters. The van der Waals surface area contributed by atoms with Crippen molar-refractivity contribution in [3.05, 3.63) is 42.5 Å². The molecule has 0 saturated heterocycles. The van der Waals surface area contributed by atoms with Crippen LogP contribution in [0.15, 0.2) is 47.4 Å². The maximum absolute atomic E-state index is 11.0. The fourth-order valence-corrected chi connectivity index (χ4v) is 2.13. The van der Waals surface area contributed by atoms with Gasteiger partial charge in [0.05, 0.1) is 0 Å². The summed E-state index contributed by atoms with van der Waals surface area (Å²) < 4.78 is 31.0. The van der Waals surface area contributed by atoms with E-state index in [9.17, 15) is 8.42 Å². The second-order valence-electron chi connectivity index (χ2n) is 2.95. The molecule has 0 heterocycles. The number of benzene rings is 2. The van der Waals surface area contributed by atoms with E-state index >= 15 is 0 Å². The van der Waals surface area contributed by atoms with Crippen LogP contribution in [-0.4, -0.2) is 13.0 Å². The summed E-state index contributed by atoms with van der Waals surface area (Å²) in [6.07, 6.45) is 0. The van der Waals surface area contributed by atoms with Crippen molar-refractivity contribution in [2.75, 3.05) is 0 Å². The zero-order valence-corrected chi connectivity index (χ0v) is 10.0. The summed E-state index contributed by atoms with van der Waals surface area (Å²) in [5.74, 6) is 0. The van der Waals surface area contributed by atoms with Crippen molar-refractivity contribution in [3.8, 4) is 0 Å². The van der Waals surface area contributed by atoms with Gasteiger partial charge in [-0.3, -0.25) is 4.55 Å². The van der Waals surface area contributed by atoms with Crippen LogP contribution in [0.5, 0.6) is 0 Å². The van der Waals surface area contributed by atoms with Crippen LogP contribution in [-0.2, 0) is 10.1 Å². The minimum Gasteiger partial charge on any atom is -1.00 e. The molecule has 76 valence electrons. The van der Waals surface area contributed by atoms with Crippen molar-refractivity contribution in [2.24, 2.45) is 0 Å². The van der Waals surface area contributed by atoms with Gasteiger partial charge in [0, 0.05) is 5.39 Å². The second kappa shape index (κ2) is 5.93. The minimum atomic E-state index is -4.13. The maximum Gasteiger partial charge on any atom is 1.00 e. The number of fused-ring (bicyclic) bond motifs is 1. The van der Waals surface area contributed by atoms with Crippen LogP contribution in [0.3, 0.4) is 0 Å². The molecule has 2 rings (SSSR count). The number of hydrogen-bond acceptors (Lipinski definition) is 2. The molecule has 0 fully saturated rings. The Kier molecular flexibility index (Phi) is 5.86. The molecule has 2 aromatic rings. The van der Waals surface area contributed by atoms with Gasteiger partial charge in [-0.25, -0.2) is 0 Å². The van der Waals surface area contributed by atoms with Gasteiger partial charge in [-0.1, -0.05) is 36.4 Å². The maximum atomic E-state index is 11.0. The summed E-state index contributed by atoms with van der Waals surface area (Å²) in [6, 6.07) is 11.8. The number of hydrogen-bond donors (Lipinski definition) is 1. The fraction of sp³-hybridized carbons (Fsp3) is 0. The van der Waals surface area contributed by atoms with Gasteiger partial charge in [-0.15, -0.1) is 0 Å². The van der Waals surface area contributed by atoms with E-state index < -0.39 is 10.1 Å². The van der Waals surface area contributed by atoms with Gasteiger partial charge in [-0.2, -0.15) is 8.42 Å². The molecule has 2 aromatic carbocycles. The first-order valence-electron chi connectivity index (χ1n) is 4.04. The molecule has 1 N–H and O–H groups in total. The van der Waals surface area contributed by atoms with Crippen molar-refractivity contribution in [1.82, 2.24) is 0 Å². The Balaban J connectivity index is -0.000000562. The molecule has 0 unspecified atom stereocenters. The summed E-state index contributed by atoms with van der Waals surface area (Å²) in [5, 5.41) is 1.33. The first kappa shape index (κ1) is 15.8. The molecule has 0 aliphatic rings. The SMILES string of the molecule is O=S(=O)(O)c1cccc2ccccc12.[H-].[H-].[Li+].[Li+]. The summed E-state index contributed by atoms with van der Waals surface area (Å²) in [5.41, 5.74) is 0. The molecule has 0 radical (unpaired) electrons. The predicted molar refractivity (Wildman–Crippen MR) is 56.0 cm³/mol. The minimum absolute atomic E-state index is 0. The standard InChI is InChI=1S/C10H8O3S.2Li.2H/c11-14(12,13)10-7-3-5-8-4-1-2-6-9(8)10;;;;/h1-7H,(H,11,12,13);;;;/q;2*+1;2*-1. The van der Waals surface area contributed by atoms with E-state index in [1.165, 1.54) is 6.07 Å². The largest absolute Gasteiger partial charge is 1.00 e. The van der Waals surface area contributed by atoms with E-state index in [2.05, 4.69) is 0 Å². The Morgan fingerprint density at radius 1 is 0.938 bits per heavy atom. The third kappa shape index (κ3) is 3.15. The summed E-state index contributed by atoms with van der Waals surface area (Å²) in [7, 11) is -4.13. The molecular formula is C10H10Li2O3S. The molecule has 0 aliphatic carbocycles. The number of rotatable bonds is 1. The van der Waals surface area contributed by atoms with Gasteiger partial charge in [0.15, 0.2) is 0 Å². The monoisotopic (exact) mass is 224 g/mol. The molecule has 3 nitrogen and oxygen atoms in total. The topological polar surface area (TPSA) is 54.4 Å². The summed E-state index contributed by atoms with van der Waals surface area (Å²) in [4.78, 5) is -0.0457. The van der Waals surface area contributed by atoms with Crippen LogP contribution in [0.4, 0.5) is 0 Å².